The van der Waals surface area contributed by atoms with E-state index >= 15 is 0 Å². The minimum Gasteiger partial charge on any atom is -0.449 e. The summed E-state index contributed by atoms with van der Waals surface area (Å²) in [4.78, 5) is 12.1. The summed E-state index contributed by atoms with van der Waals surface area (Å²) >= 11 is 0. The molecular formula is C25H17FN2O2. The predicted octanol–water partition coefficient (Wildman–Crippen LogP) is 4.59. The van der Waals surface area contributed by atoms with Crippen molar-refractivity contribution in [2.45, 2.75) is 5.92 Å². The van der Waals surface area contributed by atoms with Crippen LogP contribution >= 0.6 is 0 Å². The fourth-order valence-electron chi connectivity index (χ4n) is 3.59. The van der Waals surface area contributed by atoms with Gasteiger partial charge >= 0.3 is 6.09 Å². The fourth-order valence-corrected chi connectivity index (χ4v) is 3.59. The zero-order chi connectivity index (χ0) is 20.9. The van der Waals surface area contributed by atoms with Gasteiger partial charge in [-0.3, -0.25) is 0 Å². The number of alkyl carbamates (subject to hydrolysis) is 1. The molecule has 0 saturated carbocycles. The zero-order valence-corrected chi connectivity index (χ0v) is 16.0. The van der Waals surface area contributed by atoms with Crippen LogP contribution in [0.25, 0.3) is 11.1 Å². The molecule has 1 aliphatic carbocycles. The second-order valence-corrected chi connectivity index (χ2v) is 6.79. The van der Waals surface area contributed by atoms with Crippen LogP contribution in [0.4, 0.5) is 9.18 Å². The molecule has 0 unspecified atom stereocenters. The number of fused-ring (bicyclic) bond motifs is 3. The molecule has 4 rings (SSSR count). The lowest BCUT2D eigenvalue weighted by atomic mass is 9.98. The van der Waals surface area contributed by atoms with Gasteiger partial charge in [0.05, 0.1) is 23.7 Å². The molecule has 1 N–H and O–H groups in total. The number of carbonyl (C=O) groups is 1. The molecule has 4 nitrogen and oxygen atoms in total. The van der Waals surface area contributed by atoms with Crippen molar-refractivity contribution in [1.29, 1.82) is 5.26 Å². The van der Waals surface area contributed by atoms with Crippen molar-refractivity contribution in [3.8, 4) is 29.0 Å². The maximum atomic E-state index is 13.8. The molecule has 146 valence electrons. The Morgan fingerprint density at radius 2 is 1.70 bits per heavy atom. The number of hydrogen-bond acceptors (Lipinski definition) is 3. The minimum atomic E-state index is -0.577. The number of halogens is 1. The highest BCUT2D eigenvalue weighted by Gasteiger charge is 2.28. The molecule has 0 aromatic heterocycles. The summed E-state index contributed by atoms with van der Waals surface area (Å²) in [5.74, 6) is 4.74. The average Bonchev–Trinajstić information content (AvgIpc) is 3.10. The van der Waals surface area contributed by atoms with Gasteiger partial charge in [0.2, 0.25) is 0 Å². The Hall–Kier alpha value is -4.09. The van der Waals surface area contributed by atoms with E-state index in [2.05, 4.69) is 41.4 Å². The summed E-state index contributed by atoms with van der Waals surface area (Å²) in [5.41, 5.74) is 5.01. The highest BCUT2D eigenvalue weighted by atomic mass is 19.1. The molecule has 5 heteroatoms. The predicted molar refractivity (Wildman–Crippen MR) is 111 cm³/mol. The monoisotopic (exact) mass is 396 g/mol. The number of benzene rings is 3. The van der Waals surface area contributed by atoms with Crippen molar-refractivity contribution in [2.75, 3.05) is 13.2 Å². The number of ether oxygens (including phenoxy) is 1. The number of nitrogens with zero attached hydrogens (tertiary/aromatic N) is 1. The SMILES string of the molecule is N#Cc1ccc(C#CCNC(=O)OCC2c3ccccc3-c3ccccc32)c(F)c1. The van der Waals surface area contributed by atoms with E-state index in [1.165, 1.54) is 12.1 Å². The van der Waals surface area contributed by atoms with E-state index in [-0.39, 0.29) is 30.2 Å². The van der Waals surface area contributed by atoms with Gasteiger partial charge in [-0.1, -0.05) is 60.4 Å². The van der Waals surface area contributed by atoms with E-state index in [9.17, 15) is 9.18 Å². The first-order valence-electron chi connectivity index (χ1n) is 9.44. The molecule has 0 aliphatic heterocycles. The lowest BCUT2D eigenvalue weighted by Crippen LogP contribution is -2.26. The molecule has 0 saturated heterocycles. The molecule has 0 atom stereocenters. The van der Waals surface area contributed by atoms with E-state index in [0.717, 1.165) is 28.3 Å². The smallest absolute Gasteiger partial charge is 0.407 e. The first kappa shape index (κ1) is 19.2. The van der Waals surface area contributed by atoms with Crippen LogP contribution < -0.4 is 5.32 Å². The number of nitrogens with one attached hydrogen (secondary N) is 1. The summed E-state index contributed by atoms with van der Waals surface area (Å²) in [7, 11) is 0. The quantitative estimate of drug-likeness (QED) is 0.659. The summed E-state index contributed by atoms with van der Waals surface area (Å²) in [5, 5.41) is 11.3. The van der Waals surface area contributed by atoms with Gasteiger partial charge in [-0.15, -0.1) is 0 Å². The van der Waals surface area contributed by atoms with E-state index < -0.39 is 11.9 Å². The molecule has 0 fully saturated rings. The Morgan fingerprint density at radius 1 is 1.03 bits per heavy atom. The normalized spacial score (nSPS) is 11.5. The van der Waals surface area contributed by atoms with Gasteiger partial charge in [0, 0.05) is 5.92 Å². The van der Waals surface area contributed by atoms with Gasteiger partial charge in [0.25, 0.3) is 0 Å². The second kappa shape index (κ2) is 8.51. The van der Waals surface area contributed by atoms with Gasteiger partial charge < -0.3 is 10.1 Å². The third-order valence-corrected chi connectivity index (χ3v) is 4.99. The summed E-state index contributed by atoms with van der Waals surface area (Å²) in [6, 6.07) is 22.1. The lowest BCUT2D eigenvalue weighted by Gasteiger charge is -2.14. The highest BCUT2D eigenvalue weighted by Crippen LogP contribution is 2.44. The van der Waals surface area contributed by atoms with Gasteiger partial charge in [0.15, 0.2) is 0 Å². The first-order valence-corrected chi connectivity index (χ1v) is 9.44. The summed E-state index contributed by atoms with van der Waals surface area (Å²) < 4.78 is 19.2. The summed E-state index contributed by atoms with van der Waals surface area (Å²) in [6.07, 6.45) is -0.577. The van der Waals surface area contributed by atoms with Crippen LogP contribution in [0.5, 0.6) is 0 Å². The molecular weight excluding hydrogens is 379 g/mol. The van der Waals surface area contributed by atoms with Crippen LogP contribution in [-0.4, -0.2) is 19.2 Å². The molecule has 30 heavy (non-hydrogen) atoms. The Kier molecular flexibility index (Phi) is 5.46. The number of rotatable bonds is 3. The number of amides is 1. The molecule has 1 aliphatic rings. The Balaban J connectivity index is 1.35. The van der Waals surface area contributed by atoms with Crippen LogP contribution in [0.2, 0.25) is 0 Å². The van der Waals surface area contributed by atoms with Crippen LogP contribution in [0, 0.1) is 29.0 Å². The zero-order valence-electron chi connectivity index (χ0n) is 16.0. The Labute approximate surface area is 173 Å². The molecule has 0 heterocycles. The maximum absolute atomic E-state index is 13.8. The number of hydrogen-bond donors (Lipinski definition) is 1. The molecule has 1 amide bonds. The fraction of sp³-hybridized carbons (Fsp3) is 0.120. The highest BCUT2D eigenvalue weighted by molar-refractivity contribution is 5.79. The van der Waals surface area contributed by atoms with Crippen molar-refractivity contribution in [1.82, 2.24) is 5.32 Å². The molecule has 3 aromatic carbocycles. The van der Waals surface area contributed by atoms with Crippen molar-refractivity contribution in [3.05, 3.63) is 94.8 Å². The van der Waals surface area contributed by atoms with E-state index in [0.29, 0.717) is 0 Å². The van der Waals surface area contributed by atoms with Gasteiger partial charge in [-0.25, -0.2) is 9.18 Å². The van der Waals surface area contributed by atoms with Crippen molar-refractivity contribution < 1.29 is 13.9 Å². The van der Waals surface area contributed by atoms with Gasteiger partial charge in [0.1, 0.15) is 12.4 Å². The number of carbonyl (C=O) groups excluding carboxylic acids is 1. The third-order valence-electron chi connectivity index (χ3n) is 4.99. The van der Waals surface area contributed by atoms with Crippen molar-refractivity contribution in [2.24, 2.45) is 0 Å². The van der Waals surface area contributed by atoms with E-state index in [1.807, 2.05) is 30.3 Å². The standard InChI is InChI=1S/C25H17FN2O2/c26-24-14-17(15-27)11-12-18(24)6-5-13-28-25(29)30-16-23-21-9-3-1-7-19(21)20-8-2-4-10-22(20)23/h1-4,7-12,14,23H,13,16H2,(H,28,29). The topological polar surface area (TPSA) is 62.1 Å². The van der Waals surface area contributed by atoms with Gasteiger partial charge in [-0.05, 0) is 40.5 Å². The molecule has 3 aromatic rings. The van der Waals surface area contributed by atoms with Crippen LogP contribution in [0.3, 0.4) is 0 Å². The second-order valence-electron chi connectivity index (χ2n) is 6.79. The third kappa shape index (κ3) is 3.87. The van der Waals surface area contributed by atoms with Crippen LogP contribution in [0.1, 0.15) is 28.2 Å². The van der Waals surface area contributed by atoms with E-state index in [4.69, 9.17) is 10.00 Å². The van der Waals surface area contributed by atoms with E-state index in [1.54, 1.807) is 0 Å². The Morgan fingerprint density at radius 3 is 2.33 bits per heavy atom. The van der Waals surface area contributed by atoms with Crippen LogP contribution in [0.15, 0.2) is 66.7 Å². The molecule has 0 radical (unpaired) electrons. The molecule has 0 spiro atoms. The van der Waals surface area contributed by atoms with Gasteiger partial charge in [-0.2, -0.15) is 5.26 Å². The Bertz CT molecular complexity index is 1170. The molecule has 0 bridgehead atoms. The summed E-state index contributed by atoms with van der Waals surface area (Å²) in [6.45, 7) is 0.244. The van der Waals surface area contributed by atoms with Crippen molar-refractivity contribution >= 4 is 6.09 Å². The van der Waals surface area contributed by atoms with Crippen LogP contribution in [-0.2, 0) is 4.74 Å². The first-order chi connectivity index (χ1) is 14.7. The maximum Gasteiger partial charge on any atom is 0.407 e. The average molecular weight is 396 g/mol. The largest absolute Gasteiger partial charge is 0.449 e. The minimum absolute atomic E-state index is 0.0121. The number of nitriles is 1. The lowest BCUT2D eigenvalue weighted by molar-refractivity contribution is 0.144. The van der Waals surface area contributed by atoms with Crippen molar-refractivity contribution in [3.63, 3.8) is 0 Å².